The van der Waals surface area contributed by atoms with Crippen LogP contribution in [0.25, 0.3) is 0 Å². The van der Waals surface area contributed by atoms with Crippen molar-refractivity contribution in [2.24, 2.45) is 0 Å². The zero-order valence-electron chi connectivity index (χ0n) is 14.3. The van der Waals surface area contributed by atoms with Crippen LogP contribution in [0.1, 0.15) is 32.3 Å². The topological polar surface area (TPSA) is 75.3 Å². The minimum absolute atomic E-state index is 0.0418. The van der Waals surface area contributed by atoms with E-state index in [1.54, 1.807) is 42.5 Å². The summed E-state index contributed by atoms with van der Waals surface area (Å²) in [7, 11) is -3.61. The third-order valence-corrected chi connectivity index (χ3v) is 5.74. The van der Waals surface area contributed by atoms with Gasteiger partial charge in [0.05, 0.1) is 10.3 Å². The van der Waals surface area contributed by atoms with Crippen LogP contribution < -0.4 is 10.0 Å². The van der Waals surface area contributed by atoms with Crippen LogP contribution in [0.4, 0.5) is 5.69 Å². The van der Waals surface area contributed by atoms with E-state index in [-0.39, 0.29) is 16.8 Å². The van der Waals surface area contributed by atoms with Gasteiger partial charge in [0.1, 0.15) is 0 Å². The highest BCUT2D eigenvalue weighted by molar-refractivity contribution is 7.92. The smallest absolute Gasteiger partial charge is 0.261 e. The average molecular weight is 358 g/mol. The van der Waals surface area contributed by atoms with E-state index in [0.29, 0.717) is 5.69 Å². The number of amides is 1. The van der Waals surface area contributed by atoms with E-state index < -0.39 is 15.4 Å². The molecule has 0 aromatic heterocycles. The van der Waals surface area contributed by atoms with Gasteiger partial charge in [0.15, 0.2) is 0 Å². The fourth-order valence-electron chi connectivity index (χ4n) is 2.84. The van der Waals surface area contributed by atoms with E-state index in [0.717, 1.165) is 18.4 Å². The summed E-state index contributed by atoms with van der Waals surface area (Å²) in [6.45, 7) is 3.88. The van der Waals surface area contributed by atoms with E-state index in [9.17, 15) is 13.2 Å². The lowest BCUT2D eigenvalue weighted by Crippen LogP contribution is -2.38. The molecule has 0 unspecified atom stereocenters. The molecule has 1 saturated carbocycles. The molecule has 3 rings (SSSR count). The zero-order chi connectivity index (χ0) is 18.1. The Hall–Kier alpha value is -2.34. The molecule has 1 aliphatic rings. The van der Waals surface area contributed by atoms with Crippen LogP contribution in [0, 0.1) is 0 Å². The predicted octanol–water partition coefficient (Wildman–Crippen LogP) is 3.04. The van der Waals surface area contributed by atoms with Crippen molar-refractivity contribution in [1.82, 2.24) is 5.32 Å². The highest BCUT2D eigenvalue weighted by Crippen LogP contribution is 2.48. The van der Waals surface area contributed by atoms with E-state index in [4.69, 9.17) is 0 Å². The molecular weight excluding hydrogens is 336 g/mol. The van der Waals surface area contributed by atoms with E-state index in [1.165, 1.54) is 0 Å². The molecule has 6 heteroatoms. The molecule has 0 bridgehead atoms. The molecule has 2 aromatic carbocycles. The van der Waals surface area contributed by atoms with Gasteiger partial charge in [-0.2, -0.15) is 0 Å². The maximum absolute atomic E-state index is 12.4. The maximum Gasteiger partial charge on any atom is 0.261 e. The standard InChI is InChI=1S/C19H22N2O3S/c1-14(2)20-18(22)19(12-13-19)15-8-10-16(11-9-15)21-25(23,24)17-6-4-3-5-7-17/h3-11,14,21H,12-13H2,1-2H3,(H,20,22). The van der Waals surface area contributed by atoms with Gasteiger partial charge in [-0.25, -0.2) is 8.42 Å². The van der Waals surface area contributed by atoms with E-state index >= 15 is 0 Å². The van der Waals surface area contributed by atoms with E-state index in [1.807, 2.05) is 26.0 Å². The molecule has 1 fully saturated rings. The fraction of sp³-hybridized carbons (Fsp3) is 0.316. The molecule has 0 aliphatic heterocycles. The van der Waals surface area contributed by atoms with Crippen LogP contribution in [0.15, 0.2) is 59.5 Å². The molecular formula is C19H22N2O3S. The first kappa shape index (κ1) is 17.5. The van der Waals surface area contributed by atoms with Crippen molar-refractivity contribution in [3.63, 3.8) is 0 Å². The monoisotopic (exact) mass is 358 g/mol. The number of hydrogen-bond donors (Lipinski definition) is 2. The number of sulfonamides is 1. The molecule has 0 radical (unpaired) electrons. The highest BCUT2D eigenvalue weighted by Gasteiger charge is 2.51. The Morgan fingerprint density at radius 3 is 2.12 bits per heavy atom. The van der Waals surface area contributed by atoms with E-state index in [2.05, 4.69) is 10.0 Å². The van der Waals surface area contributed by atoms with Crippen LogP contribution in [-0.2, 0) is 20.2 Å². The van der Waals surface area contributed by atoms with Gasteiger partial charge >= 0.3 is 0 Å². The fourth-order valence-corrected chi connectivity index (χ4v) is 3.92. The molecule has 2 N–H and O–H groups in total. The van der Waals surface area contributed by atoms with Crippen molar-refractivity contribution >= 4 is 21.6 Å². The number of benzene rings is 2. The first-order valence-electron chi connectivity index (χ1n) is 8.33. The molecule has 1 aliphatic carbocycles. The van der Waals surface area contributed by atoms with Gasteiger partial charge in [0.2, 0.25) is 5.91 Å². The number of carbonyl (C=O) groups is 1. The quantitative estimate of drug-likeness (QED) is 0.833. The van der Waals surface area contributed by atoms with Crippen LogP contribution in [0.5, 0.6) is 0 Å². The van der Waals surface area contributed by atoms with Crippen molar-refractivity contribution in [1.29, 1.82) is 0 Å². The summed E-state index contributed by atoms with van der Waals surface area (Å²) in [5, 5.41) is 2.97. The summed E-state index contributed by atoms with van der Waals surface area (Å²) in [5.41, 5.74) is 0.946. The van der Waals surface area contributed by atoms with Gasteiger partial charge < -0.3 is 5.32 Å². The third kappa shape index (κ3) is 3.69. The maximum atomic E-state index is 12.4. The SMILES string of the molecule is CC(C)NC(=O)C1(c2ccc(NS(=O)(=O)c3ccccc3)cc2)CC1. The summed E-state index contributed by atoms with van der Waals surface area (Å²) < 4.78 is 27.3. The molecule has 0 spiro atoms. The summed E-state index contributed by atoms with van der Waals surface area (Å²) in [4.78, 5) is 12.6. The number of anilines is 1. The molecule has 25 heavy (non-hydrogen) atoms. The summed E-state index contributed by atoms with van der Waals surface area (Å²) in [6.07, 6.45) is 1.64. The van der Waals surface area contributed by atoms with Crippen LogP contribution >= 0.6 is 0 Å². The number of carbonyl (C=O) groups excluding carboxylic acids is 1. The lowest BCUT2D eigenvalue weighted by Gasteiger charge is -2.18. The molecule has 0 atom stereocenters. The summed E-state index contributed by atoms with van der Waals surface area (Å²) >= 11 is 0. The molecule has 5 nitrogen and oxygen atoms in total. The summed E-state index contributed by atoms with van der Waals surface area (Å²) in [5.74, 6) is 0.0418. The van der Waals surface area contributed by atoms with Gasteiger partial charge in [-0.05, 0) is 56.5 Å². The van der Waals surface area contributed by atoms with Gasteiger partial charge in [-0.1, -0.05) is 30.3 Å². The van der Waals surface area contributed by atoms with Crippen molar-refractivity contribution < 1.29 is 13.2 Å². The van der Waals surface area contributed by atoms with Crippen molar-refractivity contribution in [3.05, 3.63) is 60.2 Å². The second-order valence-corrected chi connectivity index (χ2v) is 8.39. The number of hydrogen-bond acceptors (Lipinski definition) is 3. The lowest BCUT2D eigenvalue weighted by molar-refractivity contribution is -0.124. The van der Waals surface area contributed by atoms with Crippen LogP contribution in [0.3, 0.4) is 0 Å². The Balaban J connectivity index is 1.76. The number of nitrogens with one attached hydrogen (secondary N) is 2. The highest BCUT2D eigenvalue weighted by atomic mass is 32.2. The average Bonchev–Trinajstić information content (AvgIpc) is 3.37. The van der Waals surface area contributed by atoms with Gasteiger partial charge in [0, 0.05) is 11.7 Å². The van der Waals surface area contributed by atoms with Crippen molar-refractivity contribution in [2.45, 2.75) is 43.0 Å². The Kier molecular flexibility index (Phi) is 4.56. The van der Waals surface area contributed by atoms with Crippen LogP contribution in [-0.4, -0.2) is 20.4 Å². The Bertz CT molecular complexity index is 855. The lowest BCUT2D eigenvalue weighted by atomic mass is 9.94. The first-order chi connectivity index (χ1) is 11.8. The zero-order valence-corrected chi connectivity index (χ0v) is 15.1. The first-order valence-corrected chi connectivity index (χ1v) is 9.81. The molecule has 0 saturated heterocycles. The second-order valence-electron chi connectivity index (χ2n) is 6.71. The largest absolute Gasteiger partial charge is 0.353 e. The molecule has 2 aromatic rings. The Morgan fingerprint density at radius 2 is 1.60 bits per heavy atom. The molecule has 0 heterocycles. The molecule has 1 amide bonds. The van der Waals surface area contributed by atoms with Crippen molar-refractivity contribution in [3.8, 4) is 0 Å². The summed E-state index contributed by atoms with van der Waals surface area (Å²) in [6, 6.07) is 15.4. The Labute approximate surface area is 148 Å². The van der Waals surface area contributed by atoms with Crippen LogP contribution in [0.2, 0.25) is 0 Å². The second kappa shape index (κ2) is 6.52. The normalized spacial score (nSPS) is 15.6. The minimum Gasteiger partial charge on any atom is -0.353 e. The number of rotatable bonds is 6. The van der Waals surface area contributed by atoms with Gasteiger partial charge in [-0.15, -0.1) is 0 Å². The van der Waals surface area contributed by atoms with Crippen molar-refractivity contribution in [2.75, 3.05) is 4.72 Å². The third-order valence-electron chi connectivity index (χ3n) is 4.35. The van der Waals surface area contributed by atoms with Gasteiger partial charge in [-0.3, -0.25) is 9.52 Å². The Morgan fingerprint density at radius 1 is 1.00 bits per heavy atom. The van der Waals surface area contributed by atoms with Gasteiger partial charge in [0.25, 0.3) is 10.0 Å². The molecule has 132 valence electrons. The predicted molar refractivity (Wildman–Crippen MR) is 97.9 cm³/mol. The minimum atomic E-state index is -3.61.